The van der Waals surface area contributed by atoms with Crippen molar-refractivity contribution in [2.75, 3.05) is 13.2 Å². The van der Waals surface area contributed by atoms with Gasteiger partial charge in [0.05, 0.1) is 12.7 Å². The fraction of sp³-hybridized carbons (Fsp3) is 0.500. The molecule has 1 aliphatic carbocycles. The van der Waals surface area contributed by atoms with E-state index in [9.17, 15) is 5.11 Å². The van der Waals surface area contributed by atoms with Crippen molar-refractivity contribution >= 4 is 0 Å². The van der Waals surface area contributed by atoms with Crippen LogP contribution in [0.5, 0.6) is 5.75 Å². The zero-order valence-electron chi connectivity index (χ0n) is 8.65. The van der Waals surface area contributed by atoms with Crippen LogP contribution in [0.15, 0.2) is 18.2 Å². The van der Waals surface area contributed by atoms with Crippen molar-refractivity contribution in [1.29, 1.82) is 0 Å². The standard InChI is InChI=1S/C12H16O3/c13-6-7-15-10-5-4-9-2-1-3-12(14)11(9)8-10/h4-5,8,12-14H,1-3,6-7H2/t12-/m1/s1. The quantitative estimate of drug-likeness (QED) is 0.790. The Bertz CT molecular complexity index is 336. The Kier molecular flexibility index (Phi) is 3.23. The molecule has 3 heteroatoms. The average Bonchev–Trinajstić information content (AvgIpc) is 2.27. The summed E-state index contributed by atoms with van der Waals surface area (Å²) in [5.74, 6) is 0.726. The number of benzene rings is 1. The Labute approximate surface area is 89.3 Å². The maximum atomic E-state index is 9.81. The minimum absolute atomic E-state index is 0.0135. The number of hydrogen-bond acceptors (Lipinski definition) is 3. The Morgan fingerprint density at radius 1 is 1.40 bits per heavy atom. The van der Waals surface area contributed by atoms with Crippen LogP contribution in [0.2, 0.25) is 0 Å². The number of ether oxygens (including phenoxy) is 1. The minimum atomic E-state index is -0.355. The summed E-state index contributed by atoms with van der Waals surface area (Å²) in [6, 6.07) is 5.78. The molecule has 1 aromatic rings. The monoisotopic (exact) mass is 208 g/mol. The van der Waals surface area contributed by atoms with Crippen molar-refractivity contribution in [2.24, 2.45) is 0 Å². The van der Waals surface area contributed by atoms with Crippen molar-refractivity contribution in [2.45, 2.75) is 25.4 Å². The van der Waals surface area contributed by atoms with Gasteiger partial charge in [0.25, 0.3) is 0 Å². The van der Waals surface area contributed by atoms with Gasteiger partial charge in [0.2, 0.25) is 0 Å². The van der Waals surface area contributed by atoms with Crippen LogP contribution in [0.1, 0.15) is 30.1 Å². The van der Waals surface area contributed by atoms with Gasteiger partial charge in [-0.3, -0.25) is 0 Å². The Hall–Kier alpha value is -1.06. The Balaban J connectivity index is 2.19. The largest absolute Gasteiger partial charge is 0.491 e. The maximum absolute atomic E-state index is 9.81. The lowest BCUT2D eigenvalue weighted by molar-refractivity contribution is 0.155. The van der Waals surface area contributed by atoms with Crippen molar-refractivity contribution in [3.05, 3.63) is 29.3 Å². The van der Waals surface area contributed by atoms with Crippen LogP contribution >= 0.6 is 0 Å². The van der Waals surface area contributed by atoms with E-state index in [1.165, 1.54) is 5.56 Å². The molecular formula is C12H16O3. The molecule has 82 valence electrons. The van der Waals surface area contributed by atoms with Crippen molar-refractivity contribution in [1.82, 2.24) is 0 Å². The van der Waals surface area contributed by atoms with Crippen LogP contribution in [0, 0.1) is 0 Å². The molecule has 0 radical (unpaired) electrons. The topological polar surface area (TPSA) is 49.7 Å². The summed E-state index contributed by atoms with van der Waals surface area (Å²) in [7, 11) is 0. The average molecular weight is 208 g/mol. The second kappa shape index (κ2) is 4.64. The number of aliphatic hydroxyl groups is 2. The smallest absolute Gasteiger partial charge is 0.119 e. The van der Waals surface area contributed by atoms with Crippen LogP contribution in [0.3, 0.4) is 0 Å². The molecule has 2 rings (SSSR count). The van der Waals surface area contributed by atoms with Gasteiger partial charge in [0.1, 0.15) is 12.4 Å². The number of fused-ring (bicyclic) bond motifs is 1. The molecule has 0 spiro atoms. The minimum Gasteiger partial charge on any atom is -0.491 e. The van der Waals surface area contributed by atoms with Crippen LogP contribution in [0.25, 0.3) is 0 Å². The van der Waals surface area contributed by atoms with Gasteiger partial charge in [-0.05, 0) is 42.5 Å². The first-order valence-electron chi connectivity index (χ1n) is 5.36. The van der Waals surface area contributed by atoms with E-state index >= 15 is 0 Å². The fourth-order valence-electron chi connectivity index (χ4n) is 2.01. The summed E-state index contributed by atoms with van der Waals surface area (Å²) < 4.78 is 5.31. The van der Waals surface area contributed by atoms with Gasteiger partial charge in [0.15, 0.2) is 0 Å². The predicted octanol–water partition coefficient (Wildman–Crippen LogP) is 1.43. The molecule has 0 saturated heterocycles. The maximum Gasteiger partial charge on any atom is 0.119 e. The third kappa shape index (κ3) is 2.30. The van der Waals surface area contributed by atoms with E-state index in [1.807, 2.05) is 18.2 Å². The molecule has 0 fully saturated rings. The van der Waals surface area contributed by atoms with Crippen molar-refractivity contribution in [3.8, 4) is 5.75 Å². The molecule has 2 N–H and O–H groups in total. The van der Waals surface area contributed by atoms with Gasteiger partial charge < -0.3 is 14.9 Å². The first-order chi connectivity index (χ1) is 7.31. The third-order valence-corrected chi connectivity index (χ3v) is 2.76. The highest BCUT2D eigenvalue weighted by Crippen LogP contribution is 2.32. The summed E-state index contributed by atoms with van der Waals surface area (Å²) in [5.41, 5.74) is 2.20. The van der Waals surface area contributed by atoms with Gasteiger partial charge in [-0.25, -0.2) is 0 Å². The Morgan fingerprint density at radius 2 is 2.27 bits per heavy atom. The molecule has 0 bridgehead atoms. The summed E-state index contributed by atoms with van der Waals surface area (Å²) >= 11 is 0. The predicted molar refractivity (Wildman–Crippen MR) is 56.9 cm³/mol. The Morgan fingerprint density at radius 3 is 3.07 bits per heavy atom. The molecule has 1 aliphatic rings. The van der Waals surface area contributed by atoms with E-state index in [4.69, 9.17) is 9.84 Å². The van der Waals surface area contributed by atoms with Gasteiger partial charge in [-0.1, -0.05) is 6.07 Å². The van der Waals surface area contributed by atoms with E-state index in [1.54, 1.807) is 0 Å². The summed E-state index contributed by atoms with van der Waals surface area (Å²) in [6.45, 7) is 0.314. The van der Waals surface area contributed by atoms with Crippen molar-refractivity contribution in [3.63, 3.8) is 0 Å². The molecule has 1 aromatic carbocycles. The second-order valence-corrected chi connectivity index (χ2v) is 3.84. The molecular weight excluding hydrogens is 192 g/mol. The van der Waals surface area contributed by atoms with E-state index in [0.717, 1.165) is 30.6 Å². The molecule has 0 amide bonds. The number of aliphatic hydroxyl groups excluding tert-OH is 2. The molecule has 0 saturated carbocycles. The summed E-state index contributed by atoms with van der Waals surface area (Å²) in [4.78, 5) is 0. The number of rotatable bonds is 3. The van der Waals surface area contributed by atoms with Crippen LogP contribution in [-0.4, -0.2) is 23.4 Å². The van der Waals surface area contributed by atoms with E-state index in [-0.39, 0.29) is 12.7 Å². The molecule has 15 heavy (non-hydrogen) atoms. The lowest BCUT2D eigenvalue weighted by Crippen LogP contribution is -2.10. The first kappa shape index (κ1) is 10.5. The third-order valence-electron chi connectivity index (χ3n) is 2.76. The molecule has 0 unspecified atom stereocenters. The van der Waals surface area contributed by atoms with Gasteiger partial charge in [-0.2, -0.15) is 0 Å². The summed E-state index contributed by atoms with van der Waals surface area (Å²) in [5, 5.41) is 18.4. The molecule has 0 aromatic heterocycles. The molecule has 1 atom stereocenters. The van der Waals surface area contributed by atoms with Gasteiger partial charge in [0, 0.05) is 0 Å². The van der Waals surface area contributed by atoms with Crippen LogP contribution < -0.4 is 4.74 Å². The normalized spacial score (nSPS) is 19.7. The SMILES string of the molecule is OCCOc1ccc2c(c1)[C@H](O)CCC2. The van der Waals surface area contributed by atoms with Gasteiger partial charge in [-0.15, -0.1) is 0 Å². The zero-order valence-corrected chi connectivity index (χ0v) is 8.65. The molecule has 0 heterocycles. The number of hydrogen-bond donors (Lipinski definition) is 2. The second-order valence-electron chi connectivity index (χ2n) is 3.84. The van der Waals surface area contributed by atoms with E-state index < -0.39 is 0 Å². The highest BCUT2D eigenvalue weighted by Gasteiger charge is 2.18. The van der Waals surface area contributed by atoms with Gasteiger partial charge >= 0.3 is 0 Å². The molecule has 0 aliphatic heterocycles. The van der Waals surface area contributed by atoms with Crippen LogP contribution in [0.4, 0.5) is 0 Å². The lowest BCUT2D eigenvalue weighted by atomic mass is 9.89. The van der Waals surface area contributed by atoms with E-state index in [0.29, 0.717) is 6.61 Å². The summed E-state index contributed by atoms with van der Waals surface area (Å²) in [6.07, 6.45) is 2.56. The highest BCUT2D eigenvalue weighted by atomic mass is 16.5. The van der Waals surface area contributed by atoms with E-state index in [2.05, 4.69) is 0 Å². The fourth-order valence-corrected chi connectivity index (χ4v) is 2.01. The first-order valence-corrected chi connectivity index (χ1v) is 5.36. The van der Waals surface area contributed by atoms with Crippen molar-refractivity contribution < 1.29 is 14.9 Å². The molecule has 3 nitrogen and oxygen atoms in total. The highest BCUT2D eigenvalue weighted by molar-refractivity contribution is 5.38. The zero-order chi connectivity index (χ0) is 10.7. The van der Waals surface area contributed by atoms with Crippen LogP contribution in [-0.2, 0) is 6.42 Å². The number of aryl methyl sites for hydroxylation is 1. The lowest BCUT2D eigenvalue weighted by Gasteiger charge is -2.21.